The standard InChI is InChI=1S/C24H23N3O4/c1-16-4-3-5-18(14-16)23(29)25-15-22(28)26-19-8-6-17(7-9-19)24(30)27-20-10-12-21(31-2)13-11-20/h3-14H,15H2,1-2H3,(H,25,29)(H,26,28)(H,27,30). The van der Waals surface area contributed by atoms with Crippen molar-refractivity contribution in [2.24, 2.45) is 0 Å². The predicted molar refractivity (Wildman–Crippen MR) is 120 cm³/mol. The van der Waals surface area contributed by atoms with Gasteiger partial charge in [0, 0.05) is 22.5 Å². The molecule has 0 aromatic heterocycles. The normalized spacial score (nSPS) is 10.1. The number of carbonyl (C=O) groups is 3. The summed E-state index contributed by atoms with van der Waals surface area (Å²) in [5, 5.41) is 8.07. The molecule has 7 nitrogen and oxygen atoms in total. The quantitative estimate of drug-likeness (QED) is 0.547. The second kappa shape index (κ2) is 10.1. The summed E-state index contributed by atoms with van der Waals surface area (Å²) in [4.78, 5) is 36.6. The number of carbonyl (C=O) groups excluding carboxylic acids is 3. The summed E-state index contributed by atoms with van der Waals surface area (Å²) in [6.07, 6.45) is 0. The first-order valence-corrected chi connectivity index (χ1v) is 9.65. The van der Waals surface area contributed by atoms with E-state index in [1.807, 2.05) is 13.0 Å². The lowest BCUT2D eigenvalue weighted by atomic mass is 10.1. The van der Waals surface area contributed by atoms with Crippen LogP contribution in [0.25, 0.3) is 0 Å². The van der Waals surface area contributed by atoms with Crippen molar-refractivity contribution in [3.63, 3.8) is 0 Å². The smallest absolute Gasteiger partial charge is 0.255 e. The predicted octanol–water partition coefficient (Wildman–Crippen LogP) is 3.62. The number of methoxy groups -OCH3 is 1. The molecule has 3 amide bonds. The zero-order valence-corrected chi connectivity index (χ0v) is 17.3. The molecule has 0 radical (unpaired) electrons. The number of ether oxygens (including phenoxy) is 1. The Balaban J connectivity index is 1.50. The molecule has 0 spiro atoms. The van der Waals surface area contributed by atoms with Crippen molar-refractivity contribution >= 4 is 29.1 Å². The maximum Gasteiger partial charge on any atom is 0.255 e. The third kappa shape index (κ3) is 6.17. The molecule has 0 aliphatic carbocycles. The van der Waals surface area contributed by atoms with Gasteiger partial charge in [0.2, 0.25) is 5.91 Å². The maximum absolute atomic E-state index is 12.4. The molecule has 3 aromatic carbocycles. The van der Waals surface area contributed by atoms with Crippen LogP contribution in [0.3, 0.4) is 0 Å². The molecule has 3 N–H and O–H groups in total. The molecule has 0 saturated heterocycles. The fourth-order valence-electron chi connectivity index (χ4n) is 2.84. The van der Waals surface area contributed by atoms with Crippen molar-refractivity contribution in [3.8, 4) is 5.75 Å². The highest BCUT2D eigenvalue weighted by Crippen LogP contribution is 2.17. The van der Waals surface area contributed by atoms with Gasteiger partial charge in [-0.05, 0) is 67.6 Å². The third-order valence-corrected chi connectivity index (χ3v) is 4.47. The van der Waals surface area contributed by atoms with Gasteiger partial charge in [-0.15, -0.1) is 0 Å². The SMILES string of the molecule is COc1ccc(NC(=O)c2ccc(NC(=O)CNC(=O)c3cccc(C)c3)cc2)cc1. The van der Waals surface area contributed by atoms with Crippen LogP contribution in [0.2, 0.25) is 0 Å². The van der Waals surface area contributed by atoms with E-state index in [0.29, 0.717) is 28.3 Å². The zero-order chi connectivity index (χ0) is 22.2. The summed E-state index contributed by atoms with van der Waals surface area (Å²) in [5.74, 6) is -0.248. The summed E-state index contributed by atoms with van der Waals surface area (Å²) in [5.41, 5.74) is 3.08. The van der Waals surface area contributed by atoms with E-state index < -0.39 is 0 Å². The van der Waals surface area contributed by atoms with E-state index in [-0.39, 0.29) is 24.3 Å². The minimum absolute atomic E-state index is 0.160. The number of rotatable bonds is 7. The van der Waals surface area contributed by atoms with Gasteiger partial charge in [0.05, 0.1) is 13.7 Å². The van der Waals surface area contributed by atoms with E-state index in [4.69, 9.17) is 4.74 Å². The Kier molecular flexibility index (Phi) is 7.01. The Morgan fingerprint density at radius 3 is 2.06 bits per heavy atom. The Morgan fingerprint density at radius 1 is 0.774 bits per heavy atom. The number of benzene rings is 3. The lowest BCUT2D eigenvalue weighted by Crippen LogP contribution is -2.32. The number of amides is 3. The van der Waals surface area contributed by atoms with E-state index in [1.54, 1.807) is 73.8 Å². The van der Waals surface area contributed by atoms with Crippen LogP contribution in [0, 0.1) is 6.92 Å². The van der Waals surface area contributed by atoms with Crippen LogP contribution in [0.1, 0.15) is 26.3 Å². The van der Waals surface area contributed by atoms with Crippen LogP contribution in [-0.4, -0.2) is 31.4 Å². The Morgan fingerprint density at radius 2 is 1.42 bits per heavy atom. The molecule has 31 heavy (non-hydrogen) atoms. The van der Waals surface area contributed by atoms with Crippen LogP contribution in [0.4, 0.5) is 11.4 Å². The molecular formula is C24H23N3O4. The molecule has 0 bridgehead atoms. The highest BCUT2D eigenvalue weighted by atomic mass is 16.5. The molecule has 3 aromatic rings. The summed E-state index contributed by atoms with van der Waals surface area (Å²) in [6.45, 7) is 1.73. The Hall–Kier alpha value is -4.13. The van der Waals surface area contributed by atoms with Crippen molar-refractivity contribution in [2.45, 2.75) is 6.92 Å². The average molecular weight is 417 g/mol. The summed E-state index contributed by atoms with van der Waals surface area (Å²) in [6, 6.07) is 20.6. The van der Waals surface area contributed by atoms with Crippen LogP contribution in [0.15, 0.2) is 72.8 Å². The molecule has 0 heterocycles. The number of aryl methyl sites for hydroxylation is 1. The lowest BCUT2D eigenvalue weighted by Gasteiger charge is -2.09. The van der Waals surface area contributed by atoms with E-state index >= 15 is 0 Å². The van der Waals surface area contributed by atoms with Gasteiger partial charge < -0.3 is 20.7 Å². The Labute approximate surface area is 180 Å². The molecule has 0 saturated carbocycles. The minimum Gasteiger partial charge on any atom is -0.497 e. The van der Waals surface area contributed by atoms with Gasteiger partial charge in [0.15, 0.2) is 0 Å². The molecule has 158 valence electrons. The molecule has 3 rings (SSSR count). The first kappa shape index (κ1) is 21.6. The van der Waals surface area contributed by atoms with Crippen molar-refractivity contribution < 1.29 is 19.1 Å². The van der Waals surface area contributed by atoms with Crippen molar-refractivity contribution in [1.82, 2.24) is 5.32 Å². The fourth-order valence-corrected chi connectivity index (χ4v) is 2.84. The van der Waals surface area contributed by atoms with Gasteiger partial charge in [-0.2, -0.15) is 0 Å². The van der Waals surface area contributed by atoms with Gasteiger partial charge in [-0.25, -0.2) is 0 Å². The fraction of sp³-hybridized carbons (Fsp3) is 0.125. The molecule has 0 atom stereocenters. The van der Waals surface area contributed by atoms with E-state index in [1.165, 1.54) is 0 Å². The van der Waals surface area contributed by atoms with Gasteiger partial charge in [-0.3, -0.25) is 14.4 Å². The van der Waals surface area contributed by atoms with E-state index in [9.17, 15) is 14.4 Å². The first-order valence-electron chi connectivity index (χ1n) is 9.65. The van der Waals surface area contributed by atoms with Gasteiger partial charge >= 0.3 is 0 Å². The Bertz CT molecular complexity index is 1080. The average Bonchev–Trinajstić information content (AvgIpc) is 2.78. The number of hydrogen-bond acceptors (Lipinski definition) is 4. The van der Waals surface area contributed by atoms with Crippen LogP contribution in [-0.2, 0) is 4.79 Å². The zero-order valence-electron chi connectivity index (χ0n) is 17.3. The molecule has 0 fully saturated rings. The van der Waals surface area contributed by atoms with E-state index in [0.717, 1.165) is 5.56 Å². The van der Waals surface area contributed by atoms with Gasteiger partial charge in [-0.1, -0.05) is 17.7 Å². The second-order valence-electron chi connectivity index (χ2n) is 6.86. The second-order valence-corrected chi connectivity index (χ2v) is 6.86. The van der Waals surface area contributed by atoms with Crippen molar-refractivity contribution in [2.75, 3.05) is 24.3 Å². The third-order valence-electron chi connectivity index (χ3n) is 4.47. The monoisotopic (exact) mass is 417 g/mol. The molecular weight excluding hydrogens is 394 g/mol. The van der Waals surface area contributed by atoms with Gasteiger partial charge in [0.1, 0.15) is 5.75 Å². The largest absolute Gasteiger partial charge is 0.497 e. The summed E-state index contributed by atoms with van der Waals surface area (Å²) in [7, 11) is 1.58. The van der Waals surface area contributed by atoms with E-state index in [2.05, 4.69) is 16.0 Å². The minimum atomic E-state index is -0.364. The summed E-state index contributed by atoms with van der Waals surface area (Å²) < 4.78 is 5.09. The number of nitrogens with one attached hydrogen (secondary N) is 3. The number of anilines is 2. The topological polar surface area (TPSA) is 96.5 Å². The van der Waals surface area contributed by atoms with Crippen LogP contribution >= 0.6 is 0 Å². The molecule has 7 heteroatoms. The molecule has 0 unspecified atom stereocenters. The summed E-state index contributed by atoms with van der Waals surface area (Å²) >= 11 is 0. The molecule has 0 aliphatic rings. The van der Waals surface area contributed by atoms with Crippen molar-refractivity contribution in [3.05, 3.63) is 89.5 Å². The first-order chi connectivity index (χ1) is 14.9. The highest BCUT2D eigenvalue weighted by molar-refractivity contribution is 6.05. The maximum atomic E-state index is 12.4. The lowest BCUT2D eigenvalue weighted by molar-refractivity contribution is -0.115. The van der Waals surface area contributed by atoms with Crippen molar-refractivity contribution in [1.29, 1.82) is 0 Å². The highest BCUT2D eigenvalue weighted by Gasteiger charge is 2.10. The van der Waals surface area contributed by atoms with Crippen LogP contribution < -0.4 is 20.7 Å². The van der Waals surface area contributed by atoms with Crippen LogP contribution in [0.5, 0.6) is 5.75 Å². The van der Waals surface area contributed by atoms with Gasteiger partial charge in [0.25, 0.3) is 11.8 Å². The number of hydrogen-bond donors (Lipinski definition) is 3. The molecule has 0 aliphatic heterocycles.